The number of methoxy groups -OCH3 is 1. The number of nitrogens with one attached hydrogen (secondary N) is 1. The lowest BCUT2D eigenvalue weighted by Gasteiger charge is -2.11. The van der Waals surface area contributed by atoms with E-state index in [0.29, 0.717) is 12.6 Å². The third kappa shape index (κ3) is 5.71. The largest absolute Gasteiger partial charge is 0.497 e. The van der Waals surface area contributed by atoms with Crippen molar-refractivity contribution in [1.82, 2.24) is 5.32 Å². The summed E-state index contributed by atoms with van der Waals surface area (Å²) in [6.07, 6.45) is 1.15. The molecule has 3 nitrogen and oxygen atoms in total. The summed E-state index contributed by atoms with van der Waals surface area (Å²) >= 11 is 0. The zero-order valence-electron chi connectivity index (χ0n) is 11.0. The van der Waals surface area contributed by atoms with E-state index in [0.717, 1.165) is 30.9 Å². The number of hydrogen-bond acceptors (Lipinski definition) is 3. The van der Waals surface area contributed by atoms with Crippen molar-refractivity contribution in [2.75, 3.05) is 20.3 Å². The van der Waals surface area contributed by atoms with Gasteiger partial charge in [0, 0.05) is 12.6 Å². The second-order valence-corrected chi connectivity index (χ2v) is 4.17. The molecule has 0 radical (unpaired) electrons. The SMILES string of the molecule is CCC(C)NCCOCc1cccc(OC)c1. The molecule has 0 aliphatic carbocycles. The summed E-state index contributed by atoms with van der Waals surface area (Å²) < 4.78 is 10.8. The Bertz CT molecular complexity index is 315. The lowest BCUT2D eigenvalue weighted by atomic mass is 10.2. The normalized spacial score (nSPS) is 12.4. The molecule has 1 unspecified atom stereocenters. The van der Waals surface area contributed by atoms with E-state index in [-0.39, 0.29) is 0 Å². The molecule has 0 aliphatic rings. The highest BCUT2D eigenvalue weighted by Crippen LogP contribution is 2.12. The molecule has 0 saturated heterocycles. The molecule has 1 aromatic rings. The minimum atomic E-state index is 0.565. The van der Waals surface area contributed by atoms with Gasteiger partial charge in [0.2, 0.25) is 0 Å². The topological polar surface area (TPSA) is 30.5 Å². The van der Waals surface area contributed by atoms with E-state index in [1.165, 1.54) is 0 Å². The standard InChI is InChI=1S/C14H23NO2/c1-4-12(2)15-8-9-17-11-13-6-5-7-14(10-13)16-3/h5-7,10,12,15H,4,8-9,11H2,1-3H3. The third-order valence-corrected chi connectivity index (χ3v) is 2.75. The van der Waals surface area contributed by atoms with Crippen LogP contribution >= 0.6 is 0 Å². The van der Waals surface area contributed by atoms with E-state index in [2.05, 4.69) is 19.2 Å². The molecule has 96 valence electrons. The van der Waals surface area contributed by atoms with Crippen LogP contribution in [0.25, 0.3) is 0 Å². The fourth-order valence-corrected chi connectivity index (χ4v) is 1.47. The highest BCUT2D eigenvalue weighted by atomic mass is 16.5. The summed E-state index contributed by atoms with van der Waals surface area (Å²) in [5.41, 5.74) is 1.15. The fraction of sp³-hybridized carbons (Fsp3) is 0.571. The smallest absolute Gasteiger partial charge is 0.119 e. The lowest BCUT2D eigenvalue weighted by Crippen LogP contribution is -2.28. The molecule has 3 heteroatoms. The van der Waals surface area contributed by atoms with Gasteiger partial charge in [0.05, 0.1) is 20.3 Å². The number of ether oxygens (including phenoxy) is 2. The van der Waals surface area contributed by atoms with Crippen molar-refractivity contribution in [3.63, 3.8) is 0 Å². The van der Waals surface area contributed by atoms with Crippen LogP contribution in [0.4, 0.5) is 0 Å². The van der Waals surface area contributed by atoms with Crippen LogP contribution in [0.3, 0.4) is 0 Å². The van der Waals surface area contributed by atoms with Crippen LogP contribution in [0.15, 0.2) is 24.3 Å². The van der Waals surface area contributed by atoms with Crippen molar-refractivity contribution in [2.24, 2.45) is 0 Å². The molecule has 0 aromatic heterocycles. The second-order valence-electron chi connectivity index (χ2n) is 4.17. The van der Waals surface area contributed by atoms with Gasteiger partial charge in [-0.15, -0.1) is 0 Å². The number of benzene rings is 1. The van der Waals surface area contributed by atoms with Crippen LogP contribution < -0.4 is 10.1 Å². The summed E-state index contributed by atoms with van der Waals surface area (Å²) in [7, 11) is 1.68. The Morgan fingerprint density at radius 3 is 2.88 bits per heavy atom. The molecule has 0 fully saturated rings. The van der Waals surface area contributed by atoms with E-state index < -0.39 is 0 Å². The molecular formula is C14H23NO2. The molecule has 17 heavy (non-hydrogen) atoms. The molecule has 0 amide bonds. The van der Waals surface area contributed by atoms with Crippen LogP contribution in [0.5, 0.6) is 5.75 Å². The van der Waals surface area contributed by atoms with Crippen molar-refractivity contribution >= 4 is 0 Å². The Hall–Kier alpha value is -1.06. The number of hydrogen-bond donors (Lipinski definition) is 1. The van der Waals surface area contributed by atoms with E-state index in [1.807, 2.05) is 24.3 Å². The molecule has 1 N–H and O–H groups in total. The first-order valence-electron chi connectivity index (χ1n) is 6.20. The van der Waals surface area contributed by atoms with Crippen molar-refractivity contribution in [3.05, 3.63) is 29.8 Å². The van der Waals surface area contributed by atoms with Gasteiger partial charge in [-0.05, 0) is 31.0 Å². The predicted octanol–water partition coefficient (Wildman–Crippen LogP) is 2.60. The maximum atomic E-state index is 5.60. The first-order chi connectivity index (χ1) is 8.26. The van der Waals surface area contributed by atoms with Crippen molar-refractivity contribution < 1.29 is 9.47 Å². The van der Waals surface area contributed by atoms with Gasteiger partial charge in [0.1, 0.15) is 5.75 Å². The molecule has 1 atom stereocenters. The van der Waals surface area contributed by atoms with E-state index >= 15 is 0 Å². The summed E-state index contributed by atoms with van der Waals surface area (Å²) in [5.74, 6) is 0.879. The van der Waals surface area contributed by atoms with E-state index in [9.17, 15) is 0 Å². The average molecular weight is 237 g/mol. The zero-order valence-corrected chi connectivity index (χ0v) is 11.0. The molecule has 0 heterocycles. The summed E-state index contributed by atoms with van der Waals surface area (Å²) in [6.45, 7) is 6.64. The average Bonchev–Trinajstić information content (AvgIpc) is 2.38. The van der Waals surface area contributed by atoms with E-state index in [1.54, 1.807) is 7.11 Å². The maximum absolute atomic E-state index is 5.60. The van der Waals surface area contributed by atoms with Gasteiger partial charge in [-0.1, -0.05) is 19.1 Å². The monoisotopic (exact) mass is 237 g/mol. The molecule has 1 rings (SSSR count). The van der Waals surface area contributed by atoms with E-state index in [4.69, 9.17) is 9.47 Å². The van der Waals surface area contributed by atoms with Gasteiger partial charge >= 0.3 is 0 Å². The molecule has 0 spiro atoms. The molecule has 1 aromatic carbocycles. The zero-order chi connectivity index (χ0) is 12.5. The molecule has 0 bridgehead atoms. The second kappa shape index (κ2) is 8.09. The molecule has 0 saturated carbocycles. The predicted molar refractivity (Wildman–Crippen MR) is 70.4 cm³/mol. The van der Waals surface area contributed by atoms with Crippen LogP contribution in [0.2, 0.25) is 0 Å². The van der Waals surface area contributed by atoms with Gasteiger partial charge < -0.3 is 14.8 Å². The highest BCUT2D eigenvalue weighted by molar-refractivity contribution is 5.27. The first kappa shape index (κ1) is 14.0. The van der Waals surface area contributed by atoms with Gasteiger partial charge in [-0.3, -0.25) is 0 Å². The fourth-order valence-electron chi connectivity index (χ4n) is 1.47. The van der Waals surface area contributed by atoms with Gasteiger partial charge in [0.15, 0.2) is 0 Å². The third-order valence-electron chi connectivity index (χ3n) is 2.75. The Labute approximate surface area is 104 Å². The van der Waals surface area contributed by atoms with Gasteiger partial charge in [0.25, 0.3) is 0 Å². The van der Waals surface area contributed by atoms with Gasteiger partial charge in [-0.25, -0.2) is 0 Å². The van der Waals surface area contributed by atoms with Crippen LogP contribution in [0, 0.1) is 0 Å². The number of rotatable bonds is 8. The summed E-state index contributed by atoms with van der Waals surface area (Å²) in [6, 6.07) is 8.53. The Kier molecular flexibility index (Phi) is 6.67. The van der Waals surface area contributed by atoms with Crippen molar-refractivity contribution in [3.8, 4) is 5.75 Å². The van der Waals surface area contributed by atoms with Crippen molar-refractivity contribution in [2.45, 2.75) is 32.9 Å². The maximum Gasteiger partial charge on any atom is 0.119 e. The first-order valence-corrected chi connectivity index (χ1v) is 6.20. The van der Waals surface area contributed by atoms with Crippen LogP contribution in [0.1, 0.15) is 25.8 Å². The minimum Gasteiger partial charge on any atom is -0.497 e. The molecule has 0 aliphatic heterocycles. The molecular weight excluding hydrogens is 214 g/mol. The van der Waals surface area contributed by atoms with Gasteiger partial charge in [-0.2, -0.15) is 0 Å². The Morgan fingerprint density at radius 1 is 1.35 bits per heavy atom. The summed E-state index contributed by atoms with van der Waals surface area (Å²) in [4.78, 5) is 0. The lowest BCUT2D eigenvalue weighted by molar-refractivity contribution is 0.121. The Balaban J connectivity index is 2.17. The highest BCUT2D eigenvalue weighted by Gasteiger charge is 1.98. The van der Waals surface area contributed by atoms with Crippen molar-refractivity contribution in [1.29, 1.82) is 0 Å². The van der Waals surface area contributed by atoms with Crippen LogP contribution in [-0.4, -0.2) is 26.3 Å². The summed E-state index contributed by atoms with van der Waals surface area (Å²) in [5, 5.41) is 3.39. The quantitative estimate of drug-likeness (QED) is 0.705. The Morgan fingerprint density at radius 2 is 2.18 bits per heavy atom. The van der Waals surface area contributed by atoms with Crippen LogP contribution in [-0.2, 0) is 11.3 Å². The minimum absolute atomic E-state index is 0.565.